The molecule has 0 radical (unpaired) electrons. The van der Waals surface area contributed by atoms with Gasteiger partial charge in [0.05, 0.1) is 17.1 Å². The Labute approximate surface area is 168 Å². The van der Waals surface area contributed by atoms with Crippen molar-refractivity contribution in [1.29, 1.82) is 0 Å². The van der Waals surface area contributed by atoms with E-state index in [9.17, 15) is 0 Å². The van der Waals surface area contributed by atoms with Crippen LogP contribution in [0, 0.1) is 0 Å². The zero-order valence-electron chi connectivity index (χ0n) is 16.8. The molecule has 9 nitrogen and oxygen atoms in total. The lowest BCUT2D eigenvalue weighted by molar-refractivity contribution is 0.649. The first kappa shape index (κ1) is 17.6. The number of hydrogen-bond donors (Lipinski definition) is 0. The van der Waals surface area contributed by atoms with Crippen LogP contribution >= 0.6 is 0 Å². The minimum Gasteiger partial charge on any atom is -0.368 e. The van der Waals surface area contributed by atoms with Gasteiger partial charge in [-0.3, -0.25) is 4.68 Å². The summed E-state index contributed by atoms with van der Waals surface area (Å²) in [5, 5.41) is 6.40. The van der Waals surface area contributed by atoms with Gasteiger partial charge in [0.2, 0.25) is 0 Å². The summed E-state index contributed by atoms with van der Waals surface area (Å²) in [6, 6.07) is 6.42. The number of nitrogens with zero attached hydrogens (tertiary/aromatic N) is 9. The standard InChI is InChI=1S/C20H23N9/c1-26(2)18-15-10-14(4-5-17(15)21-12-22-18)28-6-8-29(9-7-28)20-16-11-25-27(3)19(16)23-13-24-20/h4-5,10-13H,6-9H2,1-3H3. The molecule has 1 fully saturated rings. The molecule has 3 aromatic heterocycles. The van der Waals surface area contributed by atoms with Crippen LogP contribution in [0.3, 0.4) is 0 Å². The predicted octanol–water partition coefficient (Wildman–Crippen LogP) is 1.70. The fourth-order valence-electron chi connectivity index (χ4n) is 3.96. The highest BCUT2D eigenvalue weighted by Gasteiger charge is 2.21. The highest BCUT2D eigenvalue weighted by atomic mass is 15.3. The van der Waals surface area contributed by atoms with Gasteiger partial charge in [0.15, 0.2) is 5.65 Å². The maximum atomic E-state index is 4.53. The molecule has 1 aliphatic heterocycles. The monoisotopic (exact) mass is 389 g/mol. The van der Waals surface area contributed by atoms with Crippen LogP contribution in [0.1, 0.15) is 0 Å². The fraction of sp³-hybridized carbons (Fsp3) is 0.350. The predicted molar refractivity (Wildman–Crippen MR) is 115 cm³/mol. The third-order valence-corrected chi connectivity index (χ3v) is 5.47. The normalized spacial score (nSPS) is 14.7. The van der Waals surface area contributed by atoms with Gasteiger partial charge in [0.1, 0.15) is 24.3 Å². The molecule has 0 unspecified atom stereocenters. The van der Waals surface area contributed by atoms with Crippen molar-refractivity contribution in [2.75, 3.05) is 55.0 Å². The van der Waals surface area contributed by atoms with Crippen molar-refractivity contribution in [2.24, 2.45) is 7.05 Å². The Hall–Kier alpha value is -3.49. The van der Waals surface area contributed by atoms with E-state index in [0.717, 1.165) is 59.8 Å². The lowest BCUT2D eigenvalue weighted by Gasteiger charge is -2.37. The quantitative estimate of drug-likeness (QED) is 0.524. The Morgan fingerprint density at radius 1 is 0.862 bits per heavy atom. The molecular formula is C20H23N9. The summed E-state index contributed by atoms with van der Waals surface area (Å²) in [5.41, 5.74) is 3.03. The fourth-order valence-corrected chi connectivity index (χ4v) is 3.96. The number of benzene rings is 1. The van der Waals surface area contributed by atoms with Crippen LogP contribution in [0.15, 0.2) is 37.1 Å². The van der Waals surface area contributed by atoms with Crippen molar-refractivity contribution in [3.63, 3.8) is 0 Å². The van der Waals surface area contributed by atoms with Gasteiger partial charge in [-0.1, -0.05) is 0 Å². The second-order valence-corrected chi connectivity index (χ2v) is 7.47. The maximum Gasteiger partial charge on any atom is 0.163 e. The first-order valence-electron chi connectivity index (χ1n) is 9.66. The highest BCUT2D eigenvalue weighted by molar-refractivity contribution is 5.92. The van der Waals surface area contributed by atoms with Crippen LogP contribution < -0.4 is 14.7 Å². The minimum absolute atomic E-state index is 0.864. The van der Waals surface area contributed by atoms with E-state index in [4.69, 9.17) is 0 Å². The van der Waals surface area contributed by atoms with E-state index >= 15 is 0 Å². The number of piperazine rings is 1. The van der Waals surface area contributed by atoms with E-state index in [-0.39, 0.29) is 0 Å². The third-order valence-electron chi connectivity index (χ3n) is 5.47. The molecule has 4 aromatic rings. The van der Waals surface area contributed by atoms with E-state index in [1.807, 2.05) is 32.2 Å². The molecule has 1 aliphatic rings. The molecule has 0 spiro atoms. The minimum atomic E-state index is 0.864. The van der Waals surface area contributed by atoms with Gasteiger partial charge < -0.3 is 14.7 Å². The molecule has 0 N–H and O–H groups in total. The highest BCUT2D eigenvalue weighted by Crippen LogP contribution is 2.28. The molecule has 148 valence electrons. The summed E-state index contributed by atoms with van der Waals surface area (Å²) >= 11 is 0. The van der Waals surface area contributed by atoms with Crippen molar-refractivity contribution in [3.8, 4) is 0 Å². The summed E-state index contributed by atoms with van der Waals surface area (Å²) in [6.07, 6.45) is 5.10. The SMILES string of the molecule is CN(C)c1ncnc2ccc(N3CCN(c4ncnc5c4cnn5C)CC3)cc12. The van der Waals surface area contributed by atoms with Crippen LogP contribution in [-0.4, -0.2) is 70.0 Å². The first-order valence-corrected chi connectivity index (χ1v) is 9.66. The molecule has 0 saturated carbocycles. The molecule has 9 heteroatoms. The van der Waals surface area contributed by atoms with Gasteiger partial charge in [-0.05, 0) is 18.2 Å². The van der Waals surface area contributed by atoms with Gasteiger partial charge in [0, 0.05) is 58.4 Å². The van der Waals surface area contributed by atoms with Crippen molar-refractivity contribution in [2.45, 2.75) is 0 Å². The Morgan fingerprint density at radius 2 is 1.62 bits per heavy atom. The lowest BCUT2D eigenvalue weighted by Crippen LogP contribution is -2.46. The summed E-state index contributed by atoms with van der Waals surface area (Å²) in [6.45, 7) is 3.63. The summed E-state index contributed by atoms with van der Waals surface area (Å²) < 4.78 is 1.79. The molecular weight excluding hydrogens is 366 g/mol. The topological polar surface area (TPSA) is 79.1 Å². The van der Waals surface area contributed by atoms with Gasteiger partial charge in [0.25, 0.3) is 0 Å². The Balaban J connectivity index is 1.40. The number of anilines is 3. The van der Waals surface area contributed by atoms with Crippen LogP contribution in [0.4, 0.5) is 17.3 Å². The third kappa shape index (κ3) is 2.98. The first-order chi connectivity index (χ1) is 14.1. The molecule has 1 saturated heterocycles. The Bertz CT molecular complexity index is 1180. The van der Waals surface area contributed by atoms with Gasteiger partial charge >= 0.3 is 0 Å². The molecule has 4 heterocycles. The molecule has 0 aliphatic carbocycles. The Morgan fingerprint density at radius 3 is 2.41 bits per heavy atom. The number of hydrogen-bond acceptors (Lipinski definition) is 8. The lowest BCUT2D eigenvalue weighted by atomic mass is 10.1. The Kier molecular flexibility index (Phi) is 4.15. The summed E-state index contributed by atoms with van der Waals surface area (Å²) in [5.74, 6) is 1.90. The van der Waals surface area contributed by atoms with Gasteiger partial charge in [-0.15, -0.1) is 0 Å². The average molecular weight is 389 g/mol. The number of rotatable bonds is 3. The van der Waals surface area contributed by atoms with E-state index in [2.05, 4.69) is 53.0 Å². The number of aromatic nitrogens is 6. The molecule has 0 atom stereocenters. The number of aryl methyl sites for hydroxylation is 1. The summed E-state index contributed by atoms with van der Waals surface area (Å²) in [4.78, 5) is 24.5. The molecule has 1 aromatic carbocycles. The molecule has 0 amide bonds. The summed E-state index contributed by atoms with van der Waals surface area (Å²) in [7, 11) is 5.92. The van der Waals surface area contributed by atoms with E-state index in [1.54, 1.807) is 17.3 Å². The average Bonchev–Trinajstić information content (AvgIpc) is 3.14. The van der Waals surface area contributed by atoms with Crippen molar-refractivity contribution < 1.29 is 0 Å². The maximum absolute atomic E-state index is 4.53. The zero-order valence-corrected chi connectivity index (χ0v) is 16.8. The van der Waals surface area contributed by atoms with E-state index in [0.29, 0.717) is 0 Å². The second kappa shape index (κ2) is 6.84. The van der Waals surface area contributed by atoms with Crippen LogP contribution in [0.25, 0.3) is 21.9 Å². The van der Waals surface area contributed by atoms with Crippen molar-refractivity contribution in [1.82, 2.24) is 29.7 Å². The van der Waals surface area contributed by atoms with Crippen LogP contribution in [-0.2, 0) is 7.05 Å². The smallest absolute Gasteiger partial charge is 0.163 e. The van der Waals surface area contributed by atoms with Crippen molar-refractivity contribution in [3.05, 3.63) is 37.1 Å². The van der Waals surface area contributed by atoms with Gasteiger partial charge in [-0.2, -0.15) is 5.10 Å². The molecule has 5 rings (SSSR count). The molecule has 0 bridgehead atoms. The van der Waals surface area contributed by atoms with Crippen LogP contribution in [0.5, 0.6) is 0 Å². The molecule has 29 heavy (non-hydrogen) atoms. The largest absolute Gasteiger partial charge is 0.368 e. The zero-order chi connectivity index (χ0) is 20.0. The van der Waals surface area contributed by atoms with Crippen LogP contribution in [0.2, 0.25) is 0 Å². The van der Waals surface area contributed by atoms with Gasteiger partial charge in [-0.25, -0.2) is 19.9 Å². The van der Waals surface area contributed by atoms with Crippen molar-refractivity contribution >= 4 is 39.3 Å². The van der Waals surface area contributed by atoms with E-state index in [1.165, 1.54) is 5.69 Å². The number of fused-ring (bicyclic) bond motifs is 2. The van der Waals surface area contributed by atoms with E-state index < -0.39 is 0 Å². The second-order valence-electron chi connectivity index (χ2n) is 7.47.